The number of alkyl halides is 3. The van der Waals surface area contributed by atoms with Crippen molar-refractivity contribution in [1.29, 1.82) is 0 Å². The van der Waals surface area contributed by atoms with Crippen LogP contribution in [-0.2, 0) is 13.2 Å². The lowest BCUT2D eigenvalue weighted by Gasteiger charge is -2.14. The predicted octanol–water partition coefficient (Wildman–Crippen LogP) is 4.27. The summed E-state index contributed by atoms with van der Waals surface area (Å²) in [6.45, 7) is 1.77. The van der Waals surface area contributed by atoms with Gasteiger partial charge in [-0.15, -0.1) is 0 Å². The van der Waals surface area contributed by atoms with Gasteiger partial charge in [-0.2, -0.15) is 23.4 Å². The van der Waals surface area contributed by atoms with Crippen molar-refractivity contribution in [3.05, 3.63) is 64.7 Å². The molecular weight excluding hydrogens is 461 g/mol. The Bertz CT molecular complexity index is 1390. The van der Waals surface area contributed by atoms with Gasteiger partial charge in [-0.1, -0.05) is 0 Å². The summed E-state index contributed by atoms with van der Waals surface area (Å²) in [5.41, 5.74) is -3.00. The Balaban J connectivity index is 1.76. The van der Waals surface area contributed by atoms with Crippen molar-refractivity contribution in [3.8, 4) is 11.3 Å². The summed E-state index contributed by atoms with van der Waals surface area (Å²) in [6, 6.07) is 2.67. The maximum Gasteiger partial charge on any atom is 0.422 e. The normalized spacial score (nSPS) is 11.9. The first-order chi connectivity index (χ1) is 15.4. The van der Waals surface area contributed by atoms with E-state index in [1.165, 1.54) is 22.2 Å². The fourth-order valence-electron chi connectivity index (χ4n) is 3.13. The summed E-state index contributed by atoms with van der Waals surface area (Å²) in [5, 5.41) is 9.62. The van der Waals surface area contributed by atoms with Gasteiger partial charge in [0.1, 0.15) is 11.3 Å². The van der Waals surface area contributed by atoms with E-state index in [-0.39, 0.29) is 5.65 Å². The quantitative estimate of drug-likeness (QED) is 0.357. The van der Waals surface area contributed by atoms with Crippen LogP contribution in [0.2, 0.25) is 0 Å². The first kappa shape index (κ1) is 22.2. The standard InChI is InChI=1S/C19H11F7N6O/c1-7-8(6-28-31(7)2)10-3-4-27-11-5-9(30-32(10)11)18(33)29-17-15(22)13(20)12(19(24,25)26)14(21)16(17)23/h3-6H,1-2H3,(H,29,33). The second kappa shape index (κ2) is 7.56. The van der Waals surface area contributed by atoms with Gasteiger partial charge in [0.2, 0.25) is 0 Å². The van der Waals surface area contributed by atoms with Gasteiger partial charge in [0.05, 0.1) is 11.9 Å². The topological polar surface area (TPSA) is 77.1 Å². The van der Waals surface area contributed by atoms with Crippen molar-refractivity contribution in [1.82, 2.24) is 24.4 Å². The number of nitrogens with zero attached hydrogens (tertiary/aromatic N) is 5. The number of hydrogen-bond donors (Lipinski definition) is 1. The zero-order valence-electron chi connectivity index (χ0n) is 16.6. The Kier molecular flexibility index (Phi) is 5.10. The van der Waals surface area contributed by atoms with Crippen LogP contribution in [0, 0.1) is 30.2 Å². The van der Waals surface area contributed by atoms with Crippen molar-refractivity contribution >= 4 is 17.2 Å². The number of amides is 1. The van der Waals surface area contributed by atoms with Gasteiger partial charge in [0.25, 0.3) is 5.91 Å². The highest BCUT2D eigenvalue weighted by Gasteiger charge is 2.42. The molecule has 172 valence electrons. The Labute approximate surface area is 179 Å². The van der Waals surface area contributed by atoms with E-state index in [9.17, 15) is 35.5 Å². The minimum atomic E-state index is -5.70. The molecule has 0 fully saturated rings. The van der Waals surface area contributed by atoms with E-state index >= 15 is 0 Å². The summed E-state index contributed by atoms with van der Waals surface area (Å²) < 4.78 is 96.8. The molecule has 0 aliphatic heterocycles. The number of halogens is 7. The molecule has 0 unspecified atom stereocenters. The summed E-state index contributed by atoms with van der Waals surface area (Å²) in [4.78, 5) is 16.5. The number of carbonyl (C=O) groups is 1. The molecular formula is C19H11F7N6O. The summed E-state index contributed by atoms with van der Waals surface area (Å²) >= 11 is 0. The van der Waals surface area contributed by atoms with E-state index in [1.807, 2.05) is 0 Å². The third kappa shape index (κ3) is 3.56. The van der Waals surface area contributed by atoms with Crippen LogP contribution in [0.1, 0.15) is 21.7 Å². The smallest absolute Gasteiger partial charge is 0.315 e. The second-order valence-electron chi connectivity index (χ2n) is 6.85. The van der Waals surface area contributed by atoms with Crippen molar-refractivity contribution in [2.24, 2.45) is 7.05 Å². The third-order valence-electron chi connectivity index (χ3n) is 4.89. The molecule has 1 amide bonds. The van der Waals surface area contributed by atoms with Gasteiger partial charge in [-0.25, -0.2) is 27.1 Å². The molecule has 3 heterocycles. The van der Waals surface area contributed by atoms with E-state index in [4.69, 9.17) is 0 Å². The lowest BCUT2D eigenvalue weighted by molar-refractivity contribution is -0.143. The van der Waals surface area contributed by atoms with Crippen molar-refractivity contribution in [3.63, 3.8) is 0 Å². The average Bonchev–Trinajstić information content (AvgIpc) is 3.32. The number of benzene rings is 1. The molecule has 33 heavy (non-hydrogen) atoms. The van der Waals surface area contributed by atoms with Crippen LogP contribution in [-0.4, -0.2) is 30.3 Å². The van der Waals surface area contributed by atoms with E-state index in [0.29, 0.717) is 11.3 Å². The first-order valence-corrected chi connectivity index (χ1v) is 9.00. The summed E-state index contributed by atoms with van der Waals surface area (Å²) in [6.07, 6.45) is -2.77. The molecule has 0 saturated carbocycles. The van der Waals surface area contributed by atoms with Crippen molar-refractivity contribution in [2.45, 2.75) is 13.1 Å². The molecule has 0 radical (unpaired) electrons. The van der Waals surface area contributed by atoms with E-state index in [0.717, 1.165) is 11.8 Å². The van der Waals surface area contributed by atoms with Crippen LogP contribution in [0.15, 0.2) is 24.5 Å². The zero-order valence-corrected chi connectivity index (χ0v) is 16.6. The molecule has 4 aromatic rings. The fraction of sp³-hybridized carbons (Fsp3) is 0.158. The van der Waals surface area contributed by atoms with E-state index in [2.05, 4.69) is 15.2 Å². The lowest BCUT2D eigenvalue weighted by Crippen LogP contribution is -2.20. The fourth-order valence-corrected chi connectivity index (χ4v) is 3.13. The molecule has 0 aliphatic carbocycles. The van der Waals surface area contributed by atoms with E-state index < -0.39 is 52.3 Å². The molecule has 0 bridgehead atoms. The minimum absolute atomic E-state index is 0.131. The molecule has 1 N–H and O–H groups in total. The maximum absolute atomic E-state index is 14.1. The lowest BCUT2D eigenvalue weighted by atomic mass is 10.1. The van der Waals surface area contributed by atoms with Gasteiger partial charge in [0, 0.05) is 30.6 Å². The number of fused-ring (bicyclic) bond motifs is 1. The molecule has 3 aromatic heterocycles. The number of hydrogen-bond acceptors (Lipinski definition) is 4. The molecule has 0 saturated heterocycles. The van der Waals surface area contributed by atoms with Gasteiger partial charge in [-0.3, -0.25) is 9.48 Å². The molecule has 14 heteroatoms. The van der Waals surface area contributed by atoms with Crippen molar-refractivity contribution < 1.29 is 35.5 Å². The number of carbonyl (C=O) groups excluding carboxylic acids is 1. The molecule has 0 atom stereocenters. The zero-order chi connectivity index (χ0) is 24.2. The van der Waals surface area contributed by atoms with E-state index in [1.54, 1.807) is 24.7 Å². The van der Waals surface area contributed by atoms with Gasteiger partial charge in [-0.05, 0) is 13.0 Å². The monoisotopic (exact) mass is 472 g/mol. The van der Waals surface area contributed by atoms with Crippen LogP contribution in [0.3, 0.4) is 0 Å². The minimum Gasteiger partial charge on any atom is -0.315 e. The first-order valence-electron chi connectivity index (χ1n) is 9.00. The predicted molar refractivity (Wildman–Crippen MR) is 99.2 cm³/mol. The summed E-state index contributed by atoms with van der Waals surface area (Å²) in [5.74, 6) is -11.6. The Hall–Kier alpha value is -3.97. The number of nitrogens with one attached hydrogen (secondary N) is 1. The van der Waals surface area contributed by atoms with Crippen LogP contribution in [0.4, 0.5) is 36.4 Å². The highest BCUT2D eigenvalue weighted by Crippen LogP contribution is 2.38. The Morgan fingerprint density at radius 3 is 2.24 bits per heavy atom. The molecule has 0 aliphatic rings. The SMILES string of the molecule is Cc1c(-c2ccnc3cc(C(=O)Nc4c(F)c(F)c(C(F)(F)F)c(F)c4F)nn23)cnn1C. The number of aryl methyl sites for hydroxylation is 1. The molecule has 7 nitrogen and oxygen atoms in total. The maximum atomic E-state index is 14.1. The number of rotatable bonds is 3. The molecule has 0 spiro atoms. The largest absolute Gasteiger partial charge is 0.422 e. The third-order valence-corrected chi connectivity index (χ3v) is 4.89. The number of anilines is 1. The number of aromatic nitrogens is 5. The average molecular weight is 472 g/mol. The molecule has 1 aromatic carbocycles. The van der Waals surface area contributed by atoms with Crippen LogP contribution >= 0.6 is 0 Å². The summed E-state index contributed by atoms with van der Waals surface area (Å²) in [7, 11) is 1.70. The van der Waals surface area contributed by atoms with Crippen LogP contribution < -0.4 is 5.32 Å². The Morgan fingerprint density at radius 1 is 1.06 bits per heavy atom. The van der Waals surface area contributed by atoms with Gasteiger partial charge >= 0.3 is 6.18 Å². The highest BCUT2D eigenvalue weighted by atomic mass is 19.4. The highest BCUT2D eigenvalue weighted by molar-refractivity contribution is 6.03. The Morgan fingerprint density at radius 2 is 1.70 bits per heavy atom. The van der Waals surface area contributed by atoms with Gasteiger partial charge < -0.3 is 5.32 Å². The second-order valence-corrected chi connectivity index (χ2v) is 6.85. The molecule has 4 rings (SSSR count). The van der Waals surface area contributed by atoms with Crippen LogP contribution in [0.25, 0.3) is 16.9 Å². The van der Waals surface area contributed by atoms with Crippen LogP contribution in [0.5, 0.6) is 0 Å². The van der Waals surface area contributed by atoms with Crippen molar-refractivity contribution in [2.75, 3.05) is 5.32 Å². The van der Waals surface area contributed by atoms with Gasteiger partial charge in [0.15, 0.2) is 34.6 Å².